The maximum absolute atomic E-state index is 12.3. The smallest absolute Gasteiger partial charge is 0.254 e. The van der Waals surface area contributed by atoms with Crippen molar-refractivity contribution < 1.29 is 18.7 Å². The summed E-state index contributed by atoms with van der Waals surface area (Å²) < 4.78 is 16.4. The summed E-state index contributed by atoms with van der Waals surface area (Å²) in [6.45, 7) is 4.91. The first-order valence-electron chi connectivity index (χ1n) is 8.09. The van der Waals surface area contributed by atoms with Gasteiger partial charge in [0.2, 0.25) is 0 Å². The third-order valence-electron chi connectivity index (χ3n) is 4.98. The first-order chi connectivity index (χ1) is 10.8. The topological polar surface area (TPSA) is 63.9 Å². The molecule has 3 heterocycles. The number of fused-ring (bicyclic) bond motifs is 1. The van der Waals surface area contributed by atoms with Crippen molar-refractivity contribution in [1.29, 1.82) is 0 Å². The molecule has 3 fully saturated rings. The molecule has 1 N–H and O–H groups in total. The SMILES string of the molecule is O=C(N[C@@H]1C[C@@H]2OCC[C@@H]21)c1coc(CN2CCOCC2)c1. The average molecular weight is 306 g/mol. The number of ether oxygens (including phenoxy) is 2. The second kappa shape index (κ2) is 6.02. The maximum Gasteiger partial charge on any atom is 0.254 e. The van der Waals surface area contributed by atoms with Crippen LogP contribution in [0.2, 0.25) is 0 Å². The van der Waals surface area contributed by atoms with Gasteiger partial charge in [0.25, 0.3) is 5.91 Å². The van der Waals surface area contributed by atoms with Crippen molar-refractivity contribution in [3.05, 3.63) is 23.7 Å². The second-order valence-corrected chi connectivity index (χ2v) is 6.37. The number of hydrogen-bond donors (Lipinski definition) is 1. The number of amides is 1. The first-order valence-corrected chi connectivity index (χ1v) is 8.09. The van der Waals surface area contributed by atoms with Gasteiger partial charge in [-0.15, -0.1) is 0 Å². The summed E-state index contributed by atoms with van der Waals surface area (Å²) in [6.07, 6.45) is 3.93. The minimum absolute atomic E-state index is 0.0349. The fourth-order valence-corrected chi connectivity index (χ4v) is 3.58. The van der Waals surface area contributed by atoms with Crippen LogP contribution in [-0.2, 0) is 16.0 Å². The standard InChI is InChI=1S/C16H22N2O4/c19-16(17-14-8-15-13(14)1-4-21-15)11-7-12(22-10-11)9-18-2-5-20-6-3-18/h7,10,13-15H,1-6,8-9H2,(H,17,19)/t13-,14-,15+/m1/s1. The minimum Gasteiger partial charge on any atom is -0.467 e. The van der Waals surface area contributed by atoms with Gasteiger partial charge in [-0.05, 0) is 18.9 Å². The van der Waals surface area contributed by atoms with Gasteiger partial charge >= 0.3 is 0 Å². The molecule has 3 atom stereocenters. The molecule has 6 nitrogen and oxygen atoms in total. The molecule has 1 saturated carbocycles. The van der Waals surface area contributed by atoms with Crippen molar-refractivity contribution >= 4 is 5.91 Å². The third-order valence-corrected chi connectivity index (χ3v) is 4.98. The summed E-state index contributed by atoms with van der Waals surface area (Å²) in [7, 11) is 0. The van der Waals surface area contributed by atoms with Crippen LogP contribution in [-0.4, -0.2) is 55.9 Å². The van der Waals surface area contributed by atoms with Crippen LogP contribution in [0.3, 0.4) is 0 Å². The lowest BCUT2D eigenvalue weighted by molar-refractivity contribution is 0.00809. The molecular weight excluding hydrogens is 284 g/mol. The van der Waals surface area contributed by atoms with Gasteiger partial charge in [0.15, 0.2) is 0 Å². The molecule has 1 amide bonds. The van der Waals surface area contributed by atoms with Crippen LogP contribution in [0.5, 0.6) is 0 Å². The number of carbonyl (C=O) groups excluding carboxylic acids is 1. The van der Waals surface area contributed by atoms with Crippen LogP contribution < -0.4 is 5.32 Å². The van der Waals surface area contributed by atoms with Crippen LogP contribution in [0, 0.1) is 5.92 Å². The van der Waals surface area contributed by atoms with E-state index in [0.29, 0.717) is 17.6 Å². The Labute approximate surface area is 129 Å². The van der Waals surface area contributed by atoms with E-state index in [0.717, 1.165) is 58.1 Å². The van der Waals surface area contributed by atoms with E-state index in [1.54, 1.807) is 6.26 Å². The van der Waals surface area contributed by atoms with Gasteiger partial charge in [0, 0.05) is 31.7 Å². The number of carbonyl (C=O) groups is 1. The van der Waals surface area contributed by atoms with Gasteiger partial charge in [0.1, 0.15) is 12.0 Å². The van der Waals surface area contributed by atoms with E-state index in [1.807, 2.05) is 6.07 Å². The minimum atomic E-state index is -0.0349. The van der Waals surface area contributed by atoms with Gasteiger partial charge in [-0.2, -0.15) is 0 Å². The Morgan fingerprint density at radius 1 is 1.32 bits per heavy atom. The van der Waals surface area contributed by atoms with Gasteiger partial charge in [-0.1, -0.05) is 0 Å². The zero-order chi connectivity index (χ0) is 14.9. The fourth-order valence-electron chi connectivity index (χ4n) is 3.58. The molecule has 2 saturated heterocycles. The highest BCUT2D eigenvalue weighted by molar-refractivity contribution is 5.94. The Hall–Kier alpha value is -1.37. The summed E-state index contributed by atoms with van der Waals surface area (Å²) >= 11 is 0. The summed E-state index contributed by atoms with van der Waals surface area (Å²) in [5.74, 6) is 1.30. The van der Waals surface area contributed by atoms with Crippen molar-refractivity contribution in [3.8, 4) is 0 Å². The number of nitrogens with zero attached hydrogens (tertiary/aromatic N) is 1. The van der Waals surface area contributed by atoms with Crippen molar-refractivity contribution in [2.75, 3.05) is 32.9 Å². The van der Waals surface area contributed by atoms with Crippen molar-refractivity contribution in [3.63, 3.8) is 0 Å². The summed E-state index contributed by atoms with van der Waals surface area (Å²) in [5.41, 5.74) is 0.616. The molecule has 0 bridgehead atoms. The van der Waals surface area contributed by atoms with Crippen molar-refractivity contribution in [1.82, 2.24) is 10.2 Å². The van der Waals surface area contributed by atoms with Gasteiger partial charge < -0.3 is 19.2 Å². The van der Waals surface area contributed by atoms with Crippen LogP contribution in [0.25, 0.3) is 0 Å². The van der Waals surface area contributed by atoms with Gasteiger partial charge in [-0.3, -0.25) is 9.69 Å². The molecule has 1 aromatic heterocycles. The molecule has 2 aliphatic heterocycles. The third kappa shape index (κ3) is 2.78. The summed E-state index contributed by atoms with van der Waals surface area (Å²) in [5, 5.41) is 3.11. The van der Waals surface area contributed by atoms with Crippen LogP contribution >= 0.6 is 0 Å². The predicted molar refractivity (Wildman–Crippen MR) is 78.5 cm³/mol. The normalized spacial score (nSPS) is 31.5. The summed E-state index contributed by atoms with van der Waals surface area (Å²) in [6, 6.07) is 2.11. The Morgan fingerprint density at radius 2 is 2.18 bits per heavy atom. The van der Waals surface area contributed by atoms with Crippen LogP contribution in [0.15, 0.2) is 16.7 Å². The fraction of sp³-hybridized carbons (Fsp3) is 0.688. The number of rotatable bonds is 4. The van der Waals surface area contributed by atoms with Crippen molar-refractivity contribution in [2.45, 2.75) is 31.5 Å². The molecule has 1 aromatic rings. The van der Waals surface area contributed by atoms with Gasteiger partial charge in [0.05, 0.1) is 31.4 Å². The molecule has 120 valence electrons. The summed E-state index contributed by atoms with van der Waals surface area (Å²) in [4.78, 5) is 14.6. The quantitative estimate of drug-likeness (QED) is 0.900. The number of furan rings is 1. The van der Waals surface area contributed by atoms with E-state index < -0.39 is 0 Å². The largest absolute Gasteiger partial charge is 0.467 e. The molecular formula is C16H22N2O4. The molecule has 22 heavy (non-hydrogen) atoms. The zero-order valence-electron chi connectivity index (χ0n) is 12.6. The van der Waals surface area contributed by atoms with E-state index in [4.69, 9.17) is 13.9 Å². The van der Waals surface area contributed by atoms with Crippen LogP contribution in [0.1, 0.15) is 29.0 Å². The Balaban J connectivity index is 1.31. The molecule has 6 heteroatoms. The maximum atomic E-state index is 12.3. The van der Waals surface area contributed by atoms with Gasteiger partial charge in [-0.25, -0.2) is 0 Å². The highest BCUT2D eigenvalue weighted by Gasteiger charge is 2.45. The van der Waals surface area contributed by atoms with E-state index in [1.165, 1.54) is 0 Å². The molecule has 0 spiro atoms. The number of morpholine rings is 1. The molecule has 0 unspecified atom stereocenters. The zero-order valence-corrected chi connectivity index (χ0v) is 12.6. The number of nitrogens with one attached hydrogen (secondary N) is 1. The lowest BCUT2D eigenvalue weighted by Crippen LogP contribution is -2.53. The van der Waals surface area contributed by atoms with Crippen molar-refractivity contribution in [2.24, 2.45) is 5.92 Å². The molecule has 0 radical (unpaired) electrons. The van der Waals surface area contributed by atoms with E-state index in [2.05, 4.69) is 10.2 Å². The number of hydrogen-bond acceptors (Lipinski definition) is 5. The Morgan fingerprint density at radius 3 is 3.00 bits per heavy atom. The lowest BCUT2D eigenvalue weighted by atomic mass is 9.76. The molecule has 3 aliphatic rings. The predicted octanol–water partition coefficient (Wildman–Crippen LogP) is 1.02. The van der Waals surface area contributed by atoms with E-state index >= 15 is 0 Å². The van der Waals surface area contributed by atoms with Crippen LogP contribution in [0.4, 0.5) is 0 Å². The monoisotopic (exact) mass is 306 g/mol. The van der Waals surface area contributed by atoms with E-state index in [9.17, 15) is 4.79 Å². The highest BCUT2D eigenvalue weighted by Crippen LogP contribution is 2.38. The highest BCUT2D eigenvalue weighted by atomic mass is 16.5. The molecule has 0 aromatic carbocycles. The van der Waals surface area contributed by atoms with E-state index in [-0.39, 0.29) is 11.9 Å². The first kappa shape index (κ1) is 14.2. The average Bonchev–Trinajstić information content (AvgIpc) is 3.12. The Kier molecular flexibility index (Phi) is 3.90. The second-order valence-electron chi connectivity index (χ2n) is 6.37. The molecule has 4 rings (SSSR count). The molecule has 1 aliphatic carbocycles. The lowest BCUT2D eigenvalue weighted by Gasteiger charge is -2.39. The Bertz CT molecular complexity index is 538.